The minimum atomic E-state index is -0.550. The van der Waals surface area contributed by atoms with Gasteiger partial charge >= 0.3 is 11.9 Å². The van der Waals surface area contributed by atoms with Gasteiger partial charge in [-0.05, 0) is 30.0 Å². The maximum absolute atomic E-state index is 11.9. The lowest BCUT2D eigenvalue weighted by Crippen LogP contribution is -2.15. The topological polar surface area (TPSA) is 69.7 Å². The van der Waals surface area contributed by atoms with Gasteiger partial charge in [0.05, 0.1) is 6.42 Å². The molecule has 0 radical (unpaired) electrons. The minimum Gasteiger partial charge on any atom is -0.462 e. The van der Waals surface area contributed by atoms with Crippen LogP contribution >= 0.6 is 0 Å². The molecule has 0 bridgehead atoms. The Hall–Kier alpha value is -2.43. The van der Waals surface area contributed by atoms with Crippen LogP contribution in [0.15, 0.2) is 30.9 Å². The summed E-state index contributed by atoms with van der Waals surface area (Å²) in [5.74, 6) is -0.755. The van der Waals surface area contributed by atoms with Crippen molar-refractivity contribution in [3.63, 3.8) is 0 Å². The SMILES string of the molecule is C=CC(=O)OCCOC(=O)Cc1cc(CC(=O)CCC)ccc1C. The summed E-state index contributed by atoms with van der Waals surface area (Å²) >= 11 is 0. The third-order valence-corrected chi connectivity index (χ3v) is 3.44. The molecule has 0 saturated heterocycles. The molecule has 1 rings (SSSR count). The molecule has 1 aromatic rings. The van der Waals surface area contributed by atoms with E-state index in [0.717, 1.165) is 29.2 Å². The Morgan fingerprint density at radius 2 is 1.83 bits per heavy atom. The first-order valence-corrected chi connectivity index (χ1v) is 8.01. The van der Waals surface area contributed by atoms with E-state index < -0.39 is 11.9 Å². The number of carbonyl (C=O) groups is 3. The van der Waals surface area contributed by atoms with Gasteiger partial charge in [-0.25, -0.2) is 4.79 Å². The number of Topliss-reactive ketones (excluding diaryl/α,β-unsaturated/α-hetero) is 1. The zero-order valence-corrected chi connectivity index (χ0v) is 14.3. The van der Waals surface area contributed by atoms with E-state index in [0.29, 0.717) is 12.8 Å². The first-order valence-electron chi connectivity index (χ1n) is 8.01. The van der Waals surface area contributed by atoms with Crippen LogP contribution in [0.4, 0.5) is 0 Å². The van der Waals surface area contributed by atoms with E-state index in [9.17, 15) is 14.4 Å². The molecule has 5 heteroatoms. The number of ether oxygens (including phenoxy) is 2. The number of ketones is 1. The summed E-state index contributed by atoms with van der Waals surface area (Å²) in [6.07, 6.45) is 2.95. The molecule has 0 fully saturated rings. The van der Waals surface area contributed by atoms with Gasteiger partial charge in [-0.3, -0.25) is 9.59 Å². The van der Waals surface area contributed by atoms with E-state index in [1.807, 2.05) is 32.0 Å². The highest BCUT2D eigenvalue weighted by molar-refractivity contribution is 5.81. The second-order valence-electron chi connectivity index (χ2n) is 5.50. The molecule has 0 aliphatic rings. The van der Waals surface area contributed by atoms with E-state index in [1.165, 1.54) is 0 Å². The quantitative estimate of drug-likeness (QED) is 0.374. The summed E-state index contributed by atoms with van der Waals surface area (Å²) in [6.45, 7) is 7.16. The number of rotatable bonds is 10. The van der Waals surface area contributed by atoms with Crippen LogP contribution in [0, 0.1) is 6.92 Å². The number of hydrogen-bond donors (Lipinski definition) is 0. The van der Waals surface area contributed by atoms with Crippen molar-refractivity contribution in [1.29, 1.82) is 0 Å². The largest absolute Gasteiger partial charge is 0.462 e. The summed E-state index contributed by atoms with van der Waals surface area (Å²) in [5, 5.41) is 0. The van der Waals surface area contributed by atoms with Crippen molar-refractivity contribution >= 4 is 17.7 Å². The number of esters is 2. The maximum atomic E-state index is 11.9. The Morgan fingerprint density at radius 3 is 2.50 bits per heavy atom. The van der Waals surface area contributed by atoms with E-state index >= 15 is 0 Å². The average Bonchev–Trinajstić information content (AvgIpc) is 2.54. The Bertz CT molecular complexity index is 604. The molecule has 0 aliphatic heterocycles. The fourth-order valence-corrected chi connectivity index (χ4v) is 2.18. The molecular formula is C19H24O5. The van der Waals surface area contributed by atoms with Crippen LogP contribution < -0.4 is 0 Å². The van der Waals surface area contributed by atoms with Crippen LogP contribution in [0.25, 0.3) is 0 Å². The smallest absolute Gasteiger partial charge is 0.330 e. The highest BCUT2D eigenvalue weighted by Crippen LogP contribution is 2.14. The first kappa shape index (κ1) is 19.6. The molecule has 0 spiro atoms. The molecule has 0 aromatic heterocycles. The molecule has 0 unspecified atom stereocenters. The second-order valence-corrected chi connectivity index (χ2v) is 5.50. The fraction of sp³-hybridized carbons (Fsp3) is 0.421. The van der Waals surface area contributed by atoms with Crippen molar-refractivity contribution in [2.75, 3.05) is 13.2 Å². The predicted octanol–water partition coefficient (Wildman–Crippen LogP) is 2.72. The number of carbonyl (C=O) groups excluding carboxylic acids is 3. The van der Waals surface area contributed by atoms with Crippen LogP contribution in [0.3, 0.4) is 0 Å². The minimum absolute atomic E-state index is 0.00113. The third-order valence-electron chi connectivity index (χ3n) is 3.44. The normalized spacial score (nSPS) is 10.1. The van der Waals surface area contributed by atoms with Crippen molar-refractivity contribution in [3.8, 4) is 0 Å². The van der Waals surface area contributed by atoms with E-state index in [-0.39, 0.29) is 25.4 Å². The van der Waals surface area contributed by atoms with Gasteiger partial charge in [0.1, 0.15) is 19.0 Å². The molecule has 0 saturated carbocycles. The Labute approximate surface area is 142 Å². The standard InChI is InChI=1S/C19H24O5/c1-4-6-17(20)12-15-8-7-14(3)16(11-15)13-19(22)24-10-9-23-18(21)5-2/h5,7-8,11H,2,4,6,9-10,12-13H2,1,3H3. The molecular weight excluding hydrogens is 308 g/mol. The van der Waals surface area contributed by atoms with Crippen molar-refractivity contribution in [2.45, 2.75) is 39.5 Å². The highest BCUT2D eigenvalue weighted by Gasteiger charge is 2.10. The number of hydrogen-bond acceptors (Lipinski definition) is 5. The monoisotopic (exact) mass is 332 g/mol. The van der Waals surface area contributed by atoms with Gasteiger partial charge < -0.3 is 9.47 Å². The average molecular weight is 332 g/mol. The van der Waals surface area contributed by atoms with E-state index in [4.69, 9.17) is 9.47 Å². The Morgan fingerprint density at radius 1 is 1.12 bits per heavy atom. The lowest BCUT2D eigenvalue weighted by atomic mass is 9.98. The van der Waals surface area contributed by atoms with Gasteiger partial charge in [0.25, 0.3) is 0 Å². The Balaban J connectivity index is 2.53. The zero-order valence-electron chi connectivity index (χ0n) is 14.3. The van der Waals surface area contributed by atoms with E-state index in [1.54, 1.807) is 0 Å². The second kappa shape index (κ2) is 10.4. The predicted molar refractivity (Wildman–Crippen MR) is 90.6 cm³/mol. The van der Waals surface area contributed by atoms with Crippen molar-refractivity contribution in [2.24, 2.45) is 0 Å². The van der Waals surface area contributed by atoms with Gasteiger partial charge in [0.2, 0.25) is 0 Å². The zero-order chi connectivity index (χ0) is 17.9. The molecule has 130 valence electrons. The van der Waals surface area contributed by atoms with Gasteiger partial charge in [-0.1, -0.05) is 31.7 Å². The van der Waals surface area contributed by atoms with Crippen molar-refractivity contribution < 1.29 is 23.9 Å². The first-order chi connectivity index (χ1) is 11.5. The molecule has 5 nitrogen and oxygen atoms in total. The third kappa shape index (κ3) is 7.22. The summed E-state index contributed by atoms with van der Waals surface area (Å²) < 4.78 is 9.77. The van der Waals surface area contributed by atoms with E-state index in [2.05, 4.69) is 6.58 Å². The van der Waals surface area contributed by atoms with Gasteiger partial charge in [-0.2, -0.15) is 0 Å². The molecule has 0 atom stereocenters. The molecule has 0 aliphatic carbocycles. The Kier molecular flexibility index (Phi) is 8.47. The molecule has 0 N–H and O–H groups in total. The fourth-order valence-electron chi connectivity index (χ4n) is 2.18. The van der Waals surface area contributed by atoms with Crippen LogP contribution in [0.2, 0.25) is 0 Å². The lowest BCUT2D eigenvalue weighted by Gasteiger charge is -2.09. The molecule has 1 aromatic carbocycles. The lowest BCUT2D eigenvalue weighted by molar-refractivity contribution is -0.149. The van der Waals surface area contributed by atoms with Gasteiger partial charge in [0, 0.05) is 18.9 Å². The van der Waals surface area contributed by atoms with Crippen LogP contribution in [0.5, 0.6) is 0 Å². The summed E-state index contributed by atoms with van der Waals surface area (Å²) in [5.41, 5.74) is 2.71. The molecule has 0 amide bonds. The van der Waals surface area contributed by atoms with Crippen LogP contribution in [-0.4, -0.2) is 30.9 Å². The summed E-state index contributed by atoms with van der Waals surface area (Å²) in [4.78, 5) is 34.5. The van der Waals surface area contributed by atoms with Gasteiger partial charge in [0.15, 0.2) is 0 Å². The summed E-state index contributed by atoms with van der Waals surface area (Å²) in [6, 6.07) is 5.69. The summed E-state index contributed by atoms with van der Waals surface area (Å²) in [7, 11) is 0. The van der Waals surface area contributed by atoms with Crippen LogP contribution in [-0.2, 0) is 36.7 Å². The maximum Gasteiger partial charge on any atom is 0.330 e. The van der Waals surface area contributed by atoms with Crippen molar-refractivity contribution in [1.82, 2.24) is 0 Å². The molecule has 0 heterocycles. The highest BCUT2D eigenvalue weighted by atomic mass is 16.6. The van der Waals surface area contributed by atoms with Crippen LogP contribution in [0.1, 0.15) is 36.5 Å². The van der Waals surface area contributed by atoms with Crippen molar-refractivity contribution in [3.05, 3.63) is 47.5 Å². The number of benzene rings is 1. The number of aryl methyl sites for hydroxylation is 1. The molecule has 24 heavy (non-hydrogen) atoms. The van der Waals surface area contributed by atoms with Gasteiger partial charge in [-0.15, -0.1) is 0 Å².